The Bertz CT molecular complexity index is 1220. The number of amides is 1. The van der Waals surface area contributed by atoms with E-state index in [1.54, 1.807) is 48.5 Å². The predicted molar refractivity (Wildman–Crippen MR) is 120 cm³/mol. The van der Waals surface area contributed by atoms with Gasteiger partial charge in [0.1, 0.15) is 17.3 Å². The Morgan fingerprint density at radius 3 is 2.47 bits per heavy atom. The molecule has 1 fully saturated rings. The molecule has 0 spiro atoms. The third-order valence-electron chi connectivity index (χ3n) is 5.14. The Kier molecular flexibility index (Phi) is 5.97. The van der Waals surface area contributed by atoms with Gasteiger partial charge in [0.25, 0.3) is 11.7 Å². The lowest BCUT2D eigenvalue weighted by Gasteiger charge is -2.25. The van der Waals surface area contributed by atoms with E-state index in [9.17, 15) is 19.1 Å². The van der Waals surface area contributed by atoms with E-state index in [0.717, 1.165) is 0 Å². The molecule has 1 amide bonds. The molecule has 3 aromatic carbocycles. The lowest BCUT2D eigenvalue weighted by molar-refractivity contribution is -0.132. The number of aliphatic hydroxyl groups is 1. The summed E-state index contributed by atoms with van der Waals surface area (Å²) < 4.78 is 19.4. The van der Waals surface area contributed by atoms with Crippen molar-refractivity contribution >= 4 is 34.7 Å². The van der Waals surface area contributed by atoms with Gasteiger partial charge in [-0.3, -0.25) is 14.5 Å². The van der Waals surface area contributed by atoms with E-state index in [1.807, 2.05) is 6.92 Å². The summed E-state index contributed by atoms with van der Waals surface area (Å²) in [7, 11) is 0. The molecule has 0 bridgehead atoms. The Hall–Kier alpha value is -3.64. The molecule has 5 nitrogen and oxygen atoms in total. The van der Waals surface area contributed by atoms with Crippen molar-refractivity contribution in [2.75, 3.05) is 11.5 Å². The van der Waals surface area contributed by atoms with Crippen LogP contribution in [0.25, 0.3) is 5.76 Å². The van der Waals surface area contributed by atoms with Crippen LogP contribution >= 0.6 is 11.6 Å². The van der Waals surface area contributed by atoms with Crippen LogP contribution in [0.15, 0.2) is 78.4 Å². The SMILES string of the molecule is CCOc1cccc(/C(O)=C2\C(=O)C(=O)N(c3cccc(F)c3)C2c2ccc(Cl)cc2)c1. The van der Waals surface area contributed by atoms with E-state index >= 15 is 0 Å². The normalized spacial score (nSPS) is 17.6. The van der Waals surface area contributed by atoms with Gasteiger partial charge in [-0.05, 0) is 55.0 Å². The highest BCUT2D eigenvalue weighted by Crippen LogP contribution is 2.42. The minimum atomic E-state index is -0.968. The number of halogens is 2. The number of Topliss-reactive ketones (excluding diaryl/α,β-unsaturated/α-hetero) is 1. The van der Waals surface area contributed by atoms with Crippen molar-refractivity contribution in [1.82, 2.24) is 0 Å². The summed E-state index contributed by atoms with van der Waals surface area (Å²) >= 11 is 6.02. The summed E-state index contributed by atoms with van der Waals surface area (Å²) in [4.78, 5) is 27.3. The number of ketones is 1. The molecule has 1 atom stereocenters. The van der Waals surface area contributed by atoms with Crippen molar-refractivity contribution in [3.63, 3.8) is 0 Å². The summed E-state index contributed by atoms with van der Waals surface area (Å²) in [5.74, 6) is -2.11. The quantitative estimate of drug-likeness (QED) is 0.316. The predicted octanol–water partition coefficient (Wildman–Crippen LogP) is 5.50. The van der Waals surface area contributed by atoms with E-state index in [2.05, 4.69) is 0 Å². The number of carbonyl (C=O) groups is 2. The van der Waals surface area contributed by atoms with Gasteiger partial charge in [-0.15, -0.1) is 0 Å². The van der Waals surface area contributed by atoms with Crippen LogP contribution in [-0.2, 0) is 9.59 Å². The van der Waals surface area contributed by atoms with Gasteiger partial charge >= 0.3 is 0 Å². The lowest BCUT2D eigenvalue weighted by Crippen LogP contribution is -2.29. The summed E-state index contributed by atoms with van der Waals surface area (Å²) in [5, 5.41) is 11.6. The maximum Gasteiger partial charge on any atom is 0.300 e. The molecule has 4 rings (SSSR count). The molecule has 0 radical (unpaired) electrons. The summed E-state index contributed by atoms with van der Waals surface area (Å²) in [6.45, 7) is 2.26. The first kappa shape index (κ1) is 21.6. The van der Waals surface area contributed by atoms with Gasteiger partial charge in [-0.1, -0.05) is 41.9 Å². The standard InChI is InChI=1S/C25H19ClFNO4/c1-2-32-20-8-3-5-16(13-20)23(29)21-22(15-9-11-17(26)12-10-15)28(25(31)24(21)30)19-7-4-6-18(27)14-19/h3-14,22,29H,2H2,1H3/b23-21+. The van der Waals surface area contributed by atoms with E-state index in [0.29, 0.717) is 28.5 Å². The highest BCUT2D eigenvalue weighted by atomic mass is 35.5. The van der Waals surface area contributed by atoms with Crippen LogP contribution in [-0.4, -0.2) is 23.4 Å². The number of nitrogens with zero attached hydrogens (tertiary/aromatic N) is 1. The second kappa shape index (κ2) is 8.85. The number of ether oxygens (including phenoxy) is 1. The lowest BCUT2D eigenvalue weighted by atomic mass is 9.95. The third-order valence-corrected chi connectivity index (χ3v) is 5.39. The van der Waals surface area contributed by atoms with Crippen LogP contribution in [0.5, 0.6) is 5.75 Å². The maximum atomic E-state index is 13.9. The molecule has 3 aromatic rings. The molecule has 1 aliphatic heterocycles. The average Bonchev–Trinajstić information content (AvgIpc) is 3.05. The fraction of sp³-hybridized carbons (Fsp3) is 0.120. The molecule has 7 heteroatoms. The number of rotatable bonds is 5. The van der Waals surface area contributed by atoms with E-state index in [1.165, 1.54) is 29.2 Å². The fourth-order valence-electron chi connectivity index (χ4n) is 3.74. The highest BCUT2D eigenvalue weighted by molar-refractivity contribution is 6.51. The van der Waals surface area contributed by atoms with Crippen LogP contribution in [0.3, 0.4) is 0 Å². The smallest absolute Gasteiger partial charge is 0.300 e. The number of hydrogen-bond donors (Lipinski definition) is 1. The van der Waals surface area contributed by atoms with Gasteiger partial charge in [0.15, 0.2) is 0 Å². The van der Waals surface area contributed by atoms with Gasteiger partial charge in [-0.25, -0.2) is 4.39 Å². The van der Waals surface area contributed by atoms with Crippen LogP contribution in [0.2, 0.25) is 5.02 Å². The third kappa shape index (κ3) is 3.97. The minimum Gasteiger partial charge on any atom is -0.507 e. The van der Waals surface area contributed by atoms with Gasteiger partial charge in [0.2, 0.25) is 0 Å². The van der Waals surface area contributed by atoms with Gasteiger partial charge in [0, 0.05) is 16.3 Å². The molecule has 0 aromatic heterocycles. The number of benzene rings is 3. The van der Waals surface area contributed by atoms with Gasteiger partial charge in [0.05, 0.1) is 18.2 Å². The van der Waals surface area contributed by atoms with Crippen LogP contribution < -0.4 is 9.64 Å². The summed E-state index contributed by atoms with van der Waals surface area (Å²) in [6, 6.07) is 17.6. The maximum absolute atomic E-state index is 13.9. The van der Waals surface area contributed by atoms with Crippen molar-refractivity contribution in [3.8, 4) is 5.75 Å². The zero-order chi connectivity index (χ0) is 22.8. The monoisotopic (exact) mass is 451 g/mol. The second-order valence-electron chi connectivity index (χ2n) is 7.16. The number of aliphatic hydroxyl groups excluding tert-OH is 1. The molecule has 1 saturated heterocycles. The minimum absolute atomic E-state index is 0.102. The molecule has 0 saturated carbocycles. The zero-order valence-electron chi connectivity index (χ0n) is 17.1. The van der Waals surface area contributed by atoms with Crippen molar-refractivity contribution in [1.29, 1.82) is 0 Å². The Labute approximate surface area is 189 Å². The molecule has 162 valence electrons. The van der Waals surface area contributed by atoms with Crippen molar-refractivity contribution in [2.45, 2.75) is 13.0 Å². The highest BCUT2D eigenvalue weighted by Gasteiger charge is 2.47. The second-order valence-corrected chi connectivity index (χ2v) is 7.60. The Morgan fingerprint density at radius 2 is 1.78 bits per heavy atom. The molecular formula is C25H19ClFNO4. The van der Waals surface area contributed by atoms with Gasteiger partial charge in [-0.2, -0.15) is 0 Å². The van der Waals surface area contributed by atoms with Crippen molar-refractivity contribution in [3.05, 3.63) is 100 Å². The summed E-state index contributed by atoms with van der Waals surface area (Å²) in [5.41, 5.74) is 0.969. The molecule has 32 heavy (non-hydrogen) atoms. The number of anilines is 1. The number of hydrogen-bond acceptors (Lipinski definition) is 4. The molecule has 1 aliphatic rings. The van der Waals surface area contributed by atoms with Crippen molar-refractivity contribution in [2.24, 2.45) is 0 Å². The van der Waals surface area contributed by atoms with Crippen LogP contribution in [0, 0.1) is 5.82 Å². The van der Waals surface area contributed by atoms with Crippen molar-refractivity contribution < 1.29 is 23.8 Å². The first-order valence-corrected chi connectivity index (χ1v) is 10.3. The molecule has 1 unspecified atom stereocenters. The molecule has 0 aliphatic carbocycles. The first-order valence-electron chi connectivity index (χ1n) is 9.96. The molecular weight excluding hydrogens is 433 g/mol. The Balaban J connectivity index is 1.92. The largest absolute Gasteiger partial charge is 0.507 e. The number of carbonyl (C=O) groups excluding carboxylic acids is 2. The molecule has 1 N–H and O–H groups in total. The average molecular weight is 452 g/mol. The fourth-order valence-corrected chi connectivity index (χ4v) is 3.87. The van der Waals surface area contributed by atoms with Gasteiger partial charge < -0.3 is 9.84 Å². The summed E-state index contributed by atoms with van der Waals surface area (Å²) in [6.07, 6.45) is 0. The van der Waals surface area contributed by atoms with E-state index in [4.69, 9.17) is 16.3 Å². The van der Waals surface area contributed by atoms with Crippen LogP contribution in [0.1, 0.15) is 24.1 Å². The van der Waals surface area contributed by atoms with E-state index < -0.39 is 23.5 Å². The topological polar surface area (TPSA) is 66.8 Å². The van der Waals surface area contributed by atoms with Crippen LogP contribution in [0.4, 0.5) is 10.1 Å². The van der Waals surface area contributed by atoms with E-state index in [-0.39, 0.29) is 17.0 Å². The molecule has 1 heterocycles. The first-order chi connectivity index (χ1) is 15.4. The Morgan fingerprint density at radius 1 is 1.06 bits per heavy atom. The zero-order valence-corrected chi connectivity index (χ0v) is 17.8.